The molecule has 0 saturated heterocycles. The van der Waals surface area contributed by atoms with E-state index in [2.05, 4.69) is 52.9 Å². The molecule has 3 aromatic carbocycles. The zero-order valence-electron chi connectivity index (χ0n) is 19.2. The Morgan fingerprint density at radius 1 is 0.839 bits per heavy atom. The van der Waals surface area contributed by atoms with Crippen LogP contribution in [0.15, 0.2) is 72.8 Å². The van der Waals surface area contributed by atoms with E-state index in [4.69, 9.17) is 9.16 Å². The summed E-state index contributed by atoms with van der Waals surface area (Å²) in [4.78, 5) is 12.8. The second-order valence-corrected chi connectivity index (χ2v) is 14.6. The number of hydrogen-bond acceptors (Lipinski definition) is 3. The molecule has 3 nitrogen and oxygen atoms in total. The van der Waals surface area contributed by atoms with Crippen LogP contribution in [0.1, 0.15) is 53.4 Å². The third-order valence-corrected chi connectivity index (χ3v) is 11.0. The first-order valence-corrected chi connectivity index (χ1v) is 13.6. The van der Waals surface area contributed by atoms with Gasteiger partial charge in [0, 0.05) is 16.7 Å². The Kier molecular flexibility index (Phi) is 5.09. The zero-order chi connectivity index (χ0) is 22.4. The Morgan fingerprint density at radius 3 is 1.97 bits per heavy atom. The van der Waals surface area contributed by atoms with E-state index in [0.717, 1.165) is 28.0 Å². The molecule has 0 saturated carbocycles. The predicted octanol–water partition coefficient (Wildman–Crippen LogP) is 6.84. The first-order valence-electron chi connectivity index (χ1n) is 10.7. The lowest BCUT2D eigenvalue weighted by molar-refractivity contribution is 0.0251. The number of cyclic esters (lactones) is 1. The SMILES string of the molecule is Cc1ccc(C2(c3ccc(O[Si](C)(C)C(C)(C)C)cc3)OC(=O)c3ccccc32)cc1. The molecule has 160 valence electrons. The minimum absolute atomic E-state index is 0.120. The molecule has 1 unspecified atom stereocenters. The van der Waals surface area contributed by atoms with Crippen LogP contribution in [0.3, 0.4) is 0 Å². The van der Waals surface area contributed by atoms with E-state index in [1.807, 2.05) is 60.7 Å². The third kappa shape index (κ3) is 3.59. The number of benzene rings is 3. The number of fused-ring (bicyclic) bond motifs is 1. The van der Waals surface area contributed by atoms with E-state index < -0.39 is 13.9 Å². The number of aryl methyl sites for hydroxylation is 1. The highest BCUT2D eigenvalue weighted by molar-refractivity contribution is 6.74. The van der Waals surface area contributed by atoms with Gasteiger partial charge in [-0.2, -0.15) is 0 Å². The van der Waals surface area contributed by atoms with E-state index in [-0.39, 0.29) is 11.0 Å². The average Bonchev–Trinajstić information content (AvgIpc) is 3.02. The monoisotopic (exact) mass is 430 g/mol. The van der Waals surface area contributed by atoms with Crippen LogP contribution in [0.25, 0.3) is 0 Å². The molecule has 0 bridgehead atoms. The summed E-state index contributed by atoms with van der Waals surface area (Å²) in [5.41, 5.74) is 3.55. The first-order chi connectivity index (χ1) is 14.5. The fourth-order valence-electron chi connectivity index (χ4n) is 3.81. The molecule has 4 rings (SSSR count). The molecule has 4 heteroatoms. The average molecular weight is 431 g/mol. The van der Waals surface area contributed by atoms with Crippen LogP contribution >= 0.6 is 0 Å². The van der Waals surface area contributed by atoms with Crippen molar-refractivity contribution >= 4 is 14.3 Å². The summed E-state index contributed by atoms with van der Waals surface area (Å²) in [5, 5.41) is 0.120. The molecule has 0 aliphatic carbocycles. The highest BCUT2D eigenvalue weighted by atomic mass is 28.4. The summed E-state index contributed by atoms with van der Waals surface area (Å²) in [7, 11) is -1.94. The maximum absolute atomic E-state index is 12.8. The van der Waals surface area contributed by atoms with E-state index in [1.165, 1.54) is 0 Å². The smallest absolute Gasteiger partial charge is 0.340 e. The van der Waals surface area contributed by atoms with Gasteiger partial charge in [-0.15, -0.1) is 0 Å². The molecule has 3 aromatic rings. The molecule has 0 radical (unpaired) electrons. The van der Waals surface area contributed by atoms with Crippen molar-refractivity contribution in [2.75, 3.05) is 0 Å². The summed E-state index contributed by atoms with van der Waals surface area (Å²) >= 11 is 0. The second kappa shape index (κ2) is 7.38. The minimum Gasteiger partial charge on any atom is -0.544 e. The Bertz CT molecular complexity index is 1110. The van der Waals surface area contributed by atoms with Crippen molar-refractivity contribution in [2.45, 2.75) is 51.4 Å². The molecule has 0 spiro atoms. The Hall–Kier alpha value is -2.85. The van der Waals surface area contributed by atoms with Crippen molar-refractivity contribution in [3.63, 3.8) is 0 Å². The highest BCUT2D eigenvalue weighted by Gasteiger charge is 2.48. The lowest BCUT2D eigenvalue weighted by atomic mass is 9.80. The van der Waals surface area contributed by atoms with Crippen molar-refractivity contribution < 1.29 is 14.0 Å². The maximum Gasteiger partial charge on any atom is 0.340 e. The van der Waals surface area contributed by atoms with E-state index in [1.54, 1.807) is 0 Å². The zero-order valence-corrected chi connectivity index (χ0v) is 20.2. The van der Waals surface area contributed by atoms with Gasteiger partial charge in [0.2, 0.25) is 8.32 Å². The molecule has 1 aliphatic heterocycles. The summed E-state index contributed by atoms with van der Waals surface area (Å²) in [6, 6.07) is 23.9. The molecule has 0 N–H and O–H groups in total. The van der Waals surface area contributed by atoms with Crippen LogP contribution in [0.5, 0.6) is 5.75 Å². The number of hydrogen-bond donors (Lipinski definition) is 0. The van der Waals surface area contributed by atoms with Crippen LogP contribution < -0.4 is 4.43 Å². The summed E-state index contributed by atoms with van der Waals surface area (Å²) in [6.07, 6.45) is 0. The van der Waals surface area contributed by atoms with Crippen molar-refractivity contribution in [3.05, 3.63) is 101 Å². The van der Waals surface area contributed by atoms with Gasteiger partial charge in [0.1, 0.15) is 5.75 Å². The molecule has 0 fully saturated rings. The van der Waals surface area contributed by atoms with Crippen LogP contribution in [0.4, 0.5) is 0 Å². The van der Waals surface area contributed by atoms with Gasteiger partial charge in [-0.05, 0) is 43.3 Å². The minimum atomic E-state index is -1.94. The van der Waals surface area contributed by atoms with Gasteiger partial charge < -0.3 is 9.16 Å². The fourth-order valence-corrected chi connectivity index (χ4v) is 4.84. The predicted molar refractivity (Wildman–Crippen MR) is 127 cm³/mol. The van der Waals surface area contributed by atoms with Crippen molar-refractivity contribution in [1.29, 1.82) is 0 Å². The van der Waals surface area contributed by atoms with Gasteiger partial charge >= 0.3 is 5.97 Å². The topological polar surface area (TPSA) is 35.5 Å². The fraction of sp³-hybridized carbons (Fsp3) is 0.296. The Labute approximate surface area is 186 Å². The summed E-state index contributed by atoms with van der Waals surface area (Å²) < 4.78 is 12.6. The van der Waals surface area contributed by atoms with Crippen LogP contribution in [-0.2, 0) is 10.3 Å². The Morgan fingerprint density at radius 2 is 1.39 bits per heavy atom. The largest absolute Gasteiger partial charge is 0.544 e. The second-order valence-electron chi connectivity index (χ2n) is 9.87. The van der Waals surface area contributed by atoms with Gasteiger partial charge in [-0.3, -0.25) is 0 Å². The number of esters is 1. The normalized spacial score (nSPS) is 18.5. The molecular weight excluding hydrogens is 400 g/mol. The molecule has 1 aliphatic rings. The van der Waals surface area contributed by atoms with Crippen LogP contribution in [-0.4, -0.2) is 14.3 Å². The van der Waals surface area contributed by atoms with E-state index in [9.17, 15) is 4.79 Å². The van der Waals surface area contributed by atoms with Gasteiger partial charge in [-0.25, -0.2) is 4.79 Å². The lowest BCUT2D eigenvalue weighted by Crippen LogP contribution is -2.43. The van der Waals surface area contributed by atoms with E-state index in [0.29, 0.717) is 5.56 Å². The van der Waals surface area contributed by atoms with Gasteiger partial charge in [0.15, 0.2) is 5.60 Å². The third-order valence-electron chi connectivity index (χ3n) is 6.67. The van der Waals surface area contributed by atoms with Crippen molar-refractivity contribution in [2.24, 2.45) is 0 Å². The molecular formula is C27H30O3Si. The molecule has 1 heterocycles. The van der Waals surface area contributed by atoms with Gasteiger partial charge in [0.05, 0.1) is 5.56 Å². The molecule has 0 amide bonds. The Balaban J connectivity index is 1.82. The van der Waals surface area contributed by atoms with Crippen molar-refractivity contribution in [3.8, 4) is 5.75 Å². The highest BCUT2D eigenvalue weighted by Crippen LogP contribution is 2.47. The van der Waals surface area contributed by atoms with Crippen LogP contribution in [0.2, 0.25) is 18.1 Å². The molecule has 31 heavy (non-hydrogen) atoms. The molecule has 0 aromatic heterocycles. The number of rotatable bonds is 4. The number of ether oxygens (including phenoxy) is 1. The molecule has 1 atom stereocenters. The maximum atomic E-state index is 12.8. The first kappa shape index (κ1) is 21.4. The number of carbonyl (C=O) groups excluding carboxylic acids is 1. The summed E-state index contributed by atoms with van der Waals surface area (Å²) in [6.45, 7) is 13.2. The van der Waals surface area contributed by atoms with Gasteiger partial charge in [0.25, 0.3) is 0 Å². The lowest BCUT2D eigenvalue weighted by Gasteiger charge is -2.36. The van der Waals surface area contributed by atoms with Crippen molar-refractivity contribution in [1.82, 2.24) is 0 Å². The quantitative estimate of drug-likeness (QED) is 0.336. The standard InChI is InChI=1S/C27H30O3Si/c1-19-11-13-20(14-12-19)27(24-10-8-7-9-23(24)25(28)29-27)21-15-17-22(18-16-21)30-31(5,6)26(2,3)4/h7-18H,1-6H3. The summed E-state index contributed by atoms with van der Waals surface area (Å²) in [5.74, 6) is 0.560. The number of carbonyl (C=O) groups is 1. The van der Waals surface area contributed by atoms with Gasteiger partial charge in [-0.1, -0.05) is 80.9 Å². The van der Waals surface area contributed by atoms with E-state index >= 15 is 0 Å². The van der Waals surface area contributed by atoms with Crippen LogP contribution in [0, 0.1) is 6.92 Å².